The van der Waals surface area contributed by atoms with E-state index >= 15 is 0 Å². The van der Waals surface area contributed by atoms with Gasteiger partial charge in [0.2, 0.25) is 5.75 Å². The van der Waals surface area contributed by atoms with Crippen LogP contribution >= 0.6 is 47.2 Å². The normalized spacial score (nSPS) is 14.5. The van der Waals surface area contributed by atoms with Crippen molar-refractivity contribution in [2.45, 2.75) is 0 Å². The highest BCUT2D eigenvalue weighted by Crippen LogP contribution is 2.40. The van der Waals surface area contributed by atoms with Crippen LogP contribution in [0.5, 0.6) is 17.2 Å². The van der Waals surface area contributed by atoms with Gasteiger partial charge in [-0.2, -0.15) is 5.01 Å². The maximum atomic E-state index is 12.8. The van der Waals surface area contributed by atoms with Gasteiger partial charge >= 0.3 is 6.03 Å². The van der Waals surface area contributed by atoms with Crippen LogP contribution in [0.3, 0.4) is 0 Å². The SMILES string of the molecule is COc1cc(/C=C2/SC(=S)N(NC(=O)Nc3ccc(Cl)c(Cl)c3)C2=O)cc(OC)c1OC. The molecule has 32 heavy (non-hydrogen) atoms. The van der Waals surface area contributed by atoms with Crippen molar-refractivity contribution in [3.05, 3.63) is 50.8 Å². The number of nitrogens with zero attached hydrogens (tertiary/aromatic N) is 1. The molecule has 0 aromatic heterocycles. The second-order valence-corrected chi connectivity index (χ2v) is 8.66. The molecule has 1 heterocycles. The third-order valence-electron chi connectivity index (χ3n) is 4.17. The Labute approximate surface area is 203 Å². The van der Waals surface area contributed by atoms with Gasteiger partial charge in [-0.05, 0) is 54.2 Å². The van der Waals surface area contributed by atoms with Gasteiger partial charge in [0.1, 0.15) is 0 Å². The average molecular weight is 514 g/mol. The zero-order chi connectivity index (χ0) is 23.4. The molecule has 8 nitrogen and oxygen atoms in total. The lowest BCUT2D eigenvalue weighted by Gasteiger charge is -2.16. The zero-order valence-electron chi connectivity index (χ0n) is 17.0. The van der Waals surface area contributed by atoms with Gasteiger partial charge in [0.15, 0.2) is 15.8 Å². The Morgan fingerprint density at radius 3 is 2.28 bits per heavy atom. The molecule has 2 aromatic rings. The summed E-state index contributed by atoms with van der Waals surface area (Å²) in [6.07, 6.45) is 1.61. The highest BCUT2D eigenvalue weighted by molar-refractivity contribution is 8.26. The van der Waals surface area contributed by atoms with Crippen molar-refractivity contribution in [2.75, 3.05) is 26.6 Å². The molecular formula is C20H17Cl2N3O5S2. The molecule has 0 spiro atoms. The summed E-state index contributed by atoms with van der Waals surface area (Å²) in [5, 5.41) is 4.18. The van der Waals surface area contributed by atoms with Crippen LogP contribution in [0.1, 0.15) is 5.56 Å². The summed E-state index contributed by atoms with van der Waals surface area (Å²) in [5.41, 5.74) is 3.45. The molecule has 1 saturated heterocycles. The minimum atomic E-state index is -0.672. The van der Waals surface area contributed by atoms with E-state index in [9.17, 15) is 9.59 Å². The smallest absolute Gasteiger partial charge is 0.338 e. The number of amides is 3. The highest BCUT2D eigenvalue weighted by Gasteiger charge is 2.33. The van der Waals surface area contributed by atoms with Crippen LogP contribution in [-0.4, -0.2) is 42.6 Å². The number of thioether (sulfide) groups is 1. The number of urea groups is 1. The Morgan fingerprint density at radius 1 is 1.06 bits per heavy atom. The molecule has 12 heteroatoms. The van der Waals surface area contributed by atoms with Crippen molar-refractivity contribution in [2.24, 2.45) is 0 Å². The summed E-state index contributed by atoms with van der Waals surface area (Å²) in [7, 11) is 4.49. The first-order valence-corrected chi connectivity index (χ1v) is 10.9. The van der Waals surface area contributed by atoms with E-state index in [0.29, 0.717) is 38.4 Å². The number of methoxy groups -OCH3 is 3. The van der Waals surface area contributed by atoms with Gasteiger partial charge in [-0.3, -0.25) is 4.79 Å². The number of anilines is 1. The third-order valence-corrected chi connectivity index (χ3v) is 6.21. The molecule has 1 aliphatic rings. The Kier molecular flexibility index (Phi) is 7.73. The Hall–Kier alpha value is -2.66. The lowest BCUT2D eigenvalue weighted by Crippen LogP contribution is -2.46. The van der Waals surface area contributed by atoms with Crippen LogP contribution in [0.25, 0.3) is 6.08 Å². The number of benzene rings is 2. The summed E-state index contributed by atoms with van der Waals surface area (Å²) < 4.78 is 16.1. The van der Waals surface area contributed by atoms with Gasteiger partial charge in [-0.1, -0.05) is 35.0 Å². The third kappa shape index (κ3) is 5.21. The van der Waals surface area contributed by atoms with Crippen molar-refractivity contribution in [3.63, 3.8) is 0 Å². The first-order chi connectivity index (χ1) is 15.3. The first-order valence-electron chi connectivity index (χ1n) is 8.88. The Bertz CT molecular complexity index is 1100. The van der Waals surface area contributed by atoms with Gasteiger partial charge in [-0.25, -0.2) is 10.2 Å². The number of hydrazine groups is 1. The van der Waals surface area contributed by atoms with Crippen LogP contribution in [0, 0.1) is 0 Å². The van der Waals surface area contributed by atoms with Crippen LogP contribution in [-0.2, 0) is 4.79 Å². The minimum Gasteiger partial charge on any atom is -0.493 e. The lowest BCUT2D eigenvalue weighted by atomic mass is 10.1. The largest absolute Gasteiger partial charge is 0.493 e. The van der Waals surface area contributed by atoms with Crippen LogP contribution in [0.4, 0.5) is 10.5 Å². The van der Waals surface area contributed by atoms with Crippen LogP contribution in [0.15, 0.2) is 35.2 Å². The number of hydrogen-bond acceptors (Lipinski definition) is 7. The molecule has 0 atom stereocenters. The minimum absolute atomic E-state index is 0.165. The van der Waals surface area contributed by atoms with Crippen molar-refractivity contribution < 1.29 is 23.8 Å². The van der Waals surface area contributed by atoms with Gasteiger partial charge in [0.25, 0.3) is 5.91 Å². The monoisotopic (exact) mass is 513 g/mol. The molecule has 2 N–H and O–H groups in total. The zero-order valence-corrected chi connectivity index (χ0v) is 20.2. The number of rotatable bonds is 6. The van der Waals surface area contributed by atoms with Gasteiger partial charge in [0.05, 0.1) is 36.3 Å². The first kappa shape index (κ1) is 24.0. The van der Waals surface area contributed by atoms with E-state index in [0.717, 1.165) is 16.8 Å². The predicted octanol–water partition coefficient (Wildman–Crippen LogP) is 4.96. The second-order valence-electron chi connectivity index (χ2n) is 6.17. The topological polar surface area (TPSA) is 89.1 Å². The predicted molar refractivity (Wildman–Crippen MR) is 130 cm³/mol. The molecule has 1 fully saturated rings. The van der Waals surface area contributed by atoms with Crippen molar-refractivity contribution in [1.29, 1.82) is 0 Å². The van der Waals surface area contributed by atoms with Crippen molar-refractivity contribution in [1.82, 2.24) is 10.4 Å². The van der Waals surface area contributed by atoms with Crippen molar-refractivity contribution >= 4 is 75.2 Å². The Balaban J connectivity index is 1.77. The van der Waals surface area contributed by atoms with Gasteiger partial charge in [0, 0.05) is 5.69 Å². The quantitative estimate of drug-likeness (QED) is 0.416. The van der Waals surface area contributed by atoms with E-state index in [2.05, 4.69) is 10.7 Å². The molecule has 0 unspecified atom stereocenters. The van der Waals surface area contributed by atoms with Gasteiger partial charge < -0.3 is 19.5 Å². The number of hydrogen-bond donors (Lipinski definition) is 2. The van der Waals surface area contributed by atoms with Gasteiger partial charge in [-0.15, -0.1) is 0 Å². The molecule has 3 rings (SSSR count). The maximum absolute atomic E-state index is 12.8. The number of carbonyl (C=O) groups excluding carboxylic acids is 2. The molecule has 1 aliphatic heterocycles. The summed E-state index contributed by atoms with van der Waals surface area (Å²) in [6.45, 7) is 0. The number of carbonyl (C=O) groups is 2. The molecular weight excluding hydrogens is 497 g/mol. The standard InChI is InChI=1S/C20H17Cl2N3O5S2/c1-28-14-6-10(7-15(29-2)17(14)30-3)8-16-18(26)25(20(31)32-16)24-19(27)23-11-4-5-12(21)13(22)9-11/h4-9H,1-3H3,(H2,23,24,27)/b16-8+. The van der Waals surface area contributed by atoms with E-state index in [1.165, 1.54) is 27.4 Å². The summed E-state index contributed by atoms with van der Waals surface area (Å²) in [5.74, 6) is 0.818. The van der Waals surface area contributed by atoms with E-state index < -0.39 is 11.9 Å². The molecule has 0 aliphatic carbocycles. The molecule has 0 saturated carbocycles. The molecule has 168 valence electrons. The van der Waals surface area contributed by atoms with E-state index in [-0.39, 0.29) is 9.34 Å². The lowest BCUT2D eigenvalue weighted by molar-refractivity contribution is -0.123. The molecule has 0 bridgehead atoms. The number of ether oxygens (including phenoxy) is 3. The van der Waals surface area contributed by atoms with E-state index in [1.807, 2.05) is 0 Å². The van der Waals surface area contributed by atoms with Crippen molar-refractivity contribution in [3.8, 4) is 17.2 Å². The highest BCUT2D eigenvalue weighted by atomic mass is 35.5. The average Bonchev–Trinajstić information content (AvgIpc) is 3.02. The fourth-order valence-electron chi connectivity index (χ4n) is 2.73. The second kappa shape index (κ2) is 10.3. The maximum Gasteiger partial charge on any atom is 0.338 e. The Morgan fingerprint density at radius 2 is 1.72 bits per heavy atom. The number of halogens is 2. The molecule has 2 aromatic carbocycles. The number of nitrogens with one attached hydrogen (secondary N) is 2. The summed E-state index contributed by atoms with van der Waals surface area (Å²) in [6, 6.07) is 7.31. The molecule has 3 amide bonds. The van der Waals surface area contributed by atoms with E-state index in [1.54, 1.807) is 30.3 Å². The summed E-state index contributed by atoms with van der Waals surface area (Å²) >= 11 is 18.1. The summed E-state index contributed by atoms with van der Waals surface area (Å²) in [4.78, 5) is 25.5. The van der Waals surface area contributed by atoms with E-state index in [4.69, 9.17) is 49.6 Å². The fraction of sp³-hybridized carbons (Fsp3) is 0.150. The van der Waals surface area contributed by atoms with Crippen LogP contribution in [0.2, 0.25) is 10.0 Å². The van der Waals surface area contributed by atoms with Crippen LogP contribution < -0.4 is 25.0 Å². The molecule has 0 radical (unpaired) electrons. The number of thiocarbonyl (C=S) groups is 1. The fourth-order valence-corrected chi connectivity index (χ4v) is 4.21.